The van der Waals surface area contributed by atoms with Crippen molar-refractivity contribution < 1.29 is 28.6 Å². The van der Waals surface area contributed by atoms with Crippen LogP contribution in [0.2, 0.25) is 0 Å². The van der Waals surface area contributed by atoms with Gasteiger partial charge in [-0.3, -0.25) is 9.59 Å². The molecule has 1 aliphatic carbocycles. The van der Waals surface area contributed by atoms with Crippen molar-refractivity contribution in [1.82, 2.24) is 10.6 Å². The molecule has 3 aromatic rings. The molecule has 0 aromatic heterocycles. The molecule has 1 aliphatic rings. The number of carbonyl (C=O) groups excluding carboxylic acids is 3. The minimum atomic E-state index is -0.567. The largest absolute Gasteiger partial charge is 0.465 e. The Morgan fingerprint density at radius 1 is 0.778 bits per heavy atom. The van der Waals surface area contributed by atoms with Gasteiger partial charge in [-0.2, -0.15) is 0 Å². The van der Waals surface area contributed by atoms with E-state index in [0.717, 1.165) is 16.7 Å². The Hall–Kier alpha value is -4.17. The monoisotopic (exact) mass is 614 g/mol. The molecular weight excluding hydrogens is 568 g/mol. The number of benzene rings is 3. The maximum atomic E-state index is 13.2. The molecule has 2 amide bonds. The number of alkyl carbamates (subject to hydrolysis) is 1. The van der Waals surface area contributed by atoms with Gasteiger partial charge in [0.2, 0.25) is 5.91 Å². The van der Waals surface area contributed by atoms with Gasteiger partial charge in [0, 0.05) is 31.5 Å². The predicted molar refractivity (Wildman–Crippen MR) is 175 cm³/mol. The number of amides is 2. The number of rotatable bonds is 16. The Balaban J connectivity index is 1.26. The maximum Gasteiger partial charge on any atom is 0.407 e. The molecule has 1 atom stereocenters. The fraction of sp³-hybridized carbons (Fsp3) is 0.432. The zero-order chi connectivity index (χ0) is 32.1. The first-order valence-corrected chi connectivity index (χ1v) is 15.9. The van der Waals surface area contributed by atoms with Gasteiger partial charge in [0.1, 0.15) is 12.2 Å². The van der Waals surface area contributed by atoms with Crippen LogP contribution >= 0.6 is 0 Å². The van der Waals surface area contributed by atoms with Gasteiger partial charge in [0.05, 0.1) is 13.0 Å². The lowest BCUT2D eigenvalue weighted by Crippen LogP contribution is -2.34. The molecule has 0 saturated carbocycles. The van der Waals surface area contributed by atoms with E-state index >= 15 is 0 Å². The highest BCUT2D eigenvalue weighted by Crippen LogP contribution is 2.44. The van der Waals surface area contributed by atoms with E-state index in [1.807, 2.05) is 75.4 Å². The molecule has 8 heteroatoms. The molecule has 4 rings (SSSR count). The Morgan fingerprint density at radius 2 is 1.40 bits per heavy atom. The molecule has 240 valence electrons. The molecule has 0 aliphatic heterocycles. The first-order valence-electron chi connectivity index (χ1n) is 15.9. The summed E-state index contributed by atoms with van der Waals surface area (Å²) in [5.41, 5.74) is 5.16. The topological polar surface area (TPSA) is 103 Å². The second-order valence-corrected chi connectivity index (χ2v) is 12.4. The second-order valence-electron chi connectivity index (χ2n) is 12.4. The maximum absolute atomic E-state index is 13.2. The minimum absolute atomic E-state index is 0.00809. The van der Waals surface area contributed by atoms with Crippen LogP contribution < -0.4 is 10.6 Å². The Morgan fingerprint density at radius 3 is 2.07 bits per heavy atom. The molecule has 0 saturated heterocycles. The highest BCUT2D eigenvalue weighted by molar-refractivity contribution is 5.84. The third-order valence-corrected chi connectivity index (χ3v) is 7.68. The van der Waals surface area contributed by atoms with Gasteiger partial charge in [0.15, 0.2) is 0 Å². The SMILES string of the molecule is CC(C)(C)OC(=O)NCCCC[C@H](CC(=O)OCC1c2ccccc2-c2ccccc21)C(=O)NCCCOCc1ccccc1. The van der Waals surface area contributed by atoms with Crippen LogP contribution in [-0.4, -0.2) is 49.9 Å². The molecule has 8 nitrogen and oxygen atoms in total. The van der Waals surface area contributed by atoms with Crippen LogP contribution in [-0.2, 0) is 30.4 Å². The van der Waals surface area contributed by atoms with Crippen molar-refractivity contribution in [2.24, 2.45) is 5.92 Å². The molecule has 0 heterocycles. The smallest absolute Gasteiger partial charge is 0.407 e. The third kappa shape index (κ3) is 10.7. The van der Waals surface area contributed by atoms with Crippen LogP contribution in [0.3, 0.4) is 0 Å². The Bertz CT molecular complexity index is 1360. The van der Waals surface area contributed by atoms with E-state index in [9.17, 15) is 14.4 Å². The molecule has 0 fully saturated rings. The Kier molecular flexibility index (Phi) is 12.6. The fourth-order valence-electron chi connectivity index (χ4n) is 5.52. The number of hydrogen-bond acceptors (Lipinski definition) is 6. The summed E-state index contributed by atoms with van der Waals surface area (Å²) in [6, 6.07) is 26.4. The molecule has 3 aromatic carbocycles. The summed E-state index contributed by atoms with van der Waals surface area (Å²) in [7, 11) is 0. The van der Waals surface area contributed by atoms with E-state index < -0.39 is 23.6 Å². The number of hydrogen-bond donors (Lipinski definition) is 2. The number of carbonyl (C=O) groups is 3. The van der Waals surface area contributed by atoms with Crippen LogP contribution in [0.15, 0.2) is 78.9 Å². The van der Waals surface area contributed by atoms with E-state index in [1.165, 1.54) is 11.1 Å². The van der Waals surface area contributed by atoms with Gasteiger partial charge in [0.25, 0.3) is 0 Å². The quantitative estimate of drug-likeness (QED) is 0.136. The van der Waals surface area contributed by atoms with Gasteiger partial charge in [-0.15, -0.1) is 0 Å². The molecular formula is C37H46N2O6. The number of esters is 1. The van der Waals surface area contributed by atoms with Gasteiger partial charge in [-0.05, 0) is 67.9 Å². The van der Waals surface area contributed by atoms with Crippen molar-refractivity contribution in [3.63, 3.8) is 0 Å². The molecule has 0 unspecified atom stereocenters. The number of unbranched alkanes of at least 4 members (excludes halogenated alkanes) is 1. The van der Waals surface area contributed by atoms with E-state index in [4.69, 9.17) is 14.2 Å². The molecule has 2 N–H and O–H groups in total. The first-order chi connectivity index (χ1) is 21.7. The summed E-state index contributed by atoms with van der Waals surface area (Å²) in [4.78, 5) is 38.3. The van der Waals surface area contributed by atoms with Crippen LogP contribution in [0.1, 0.15) is 75.5 Å². The van der Waals surface area contributed by atoms with Crippen molar-refractivity contribution in [3.8, 4) is 11.1 Å². The van der Waals surface area contributed by atoms with Crippen LogP contribution in [0.25, 0.3) is 11.1 Å². The van der Waals surface area contributed by atoms with E-state index in [-0.39, 0.29) is 24.9 Å². The van der Waals surface area contributed by atoms with Crippen LogP contribution in [0.4, 0.5) is 4.79 Å². The summed E-state index contributed by atoms with van der Waals surface area (Å²) < 4.78 is 16.8. The second kappa shape index (κ2) is 16.8. The molecule has 0 spiro atoms. The summed E-state index contributed by atoms with van der Waals surface area (Å²) in [5, 5.41) is 5.73. The van der Waals surface area contributed by atoms with E-state index in [0.29, 0.717) is 52.0 Å². The highest BCUT2D eigenvalue weighted by Gasteiger charge is 2.30. The average molecular weight is 615 g/mol. The first kappa shape index (κ1) is 33.7. The van der Waals surface area contributed by atoms with Crippen LogP contribution in [0.5, 0.6) is 0 Å². The Labute approximate surface area is 266 Å². The highest BCUT2D eigenvalue weighted by atomic mass is 16.6. The molecule has 0 radical (unpaired) electrons. The zero-order valence-electron chi connectivity index (χ0n) is 26.7. The van der Waals surface area contributed by atoms with Crippen molar-refractivity contribution in [2.45, 2.75) is 71.0 Å². The predicted octanol–water partition coefficient (Wildman–Crippen LogP) is 6.77. The number of ether oxygens (including phenoxy) is 3. The molecule has 0 bridgehead atoms. The van der Waals surface area contributed by atoms with E-state index in [2.05, 4.69) is 34.9 Å². The van der Waals surface area contributed by atoms with Crippen LogP contribution in [0, 0.1) is 5.92 Å². The van der Waals surface area contributed by atoms with Crippen molar-refractivity contribution in [2.75, 3.05) is 26.3 Å². The lowest BCUT2D eigenvalue weighted by Gasteiger charge is -2.20. The lowest BCUT2D eigenvalue weighted by molar-refractivity contribution is -0.147. The van der Waals surface area contributed by atoms with Gasteiger partial charge < -0.3 is 24.8 Å². The average Bonchev–Trinajstić information content (AvgIpc) is 3.34. The van der Waals surface area contributed by atoms with Crippen molar-refractivity contribution >= 4 is 18.0 Å². The summed E-state index contributed by atoms with van der Waals surface area (Å²) >= 11 is 0. The molecule has 45 heavy (non-hydrogen) atoms. The zero-order valence-corrected chi connectivity index (χ0v) is 26.7. The standard InChI is InChI=1S/C37H46N2O6/c1-37(2,3)45-36(42)39-21-12-11-16-28(35(41)38-22-13-23-43-25-27-14-5-4-6-15-27)24-34(40)44-26-33-31-19-9-7-17-29(31)30-18-8-10-20-32(30)33/h4-10,14-15,17-20,28,33H,11-13,16,21-26H2,1-3H3,(H,38,41)(H,39,42)/t28-/m1/s1. The lowest BCUT2D eigenvalue weighted by atomic mass is 9.96. The van der Waals surface area contributed by atoms with Crippen molar-refractivity contribution in [1.29, 1.82) is 0 Å². The van der Waals surface area contributed by atoms with Gasteiger partial charge >= 0.3 is 12.1 Å². The normalized spacial score (nSPS) is 13.0. The summed E-state index contributed by atoms with van der Waals surface area (Å²) in [6.07, 6.45) is 1.99. The van der Waals surface area contributed by atoms with Gasteiger partial charge in [-0.25, -0.2) is 4.79 Å². The summed E-state index contributed by atoms with van der Waals surface area (Å²) in [6.45, 7) is 7.58. The fourth-order valence-corrected chi connectivity index (χ4v) is 5.52. The minimum Gasteiger partial charge on any atom is -0.465 e. The number of nitrogens with one attached hydrogen (secondary N) is 2. The van der Waals surface area contributed by atoms with Crippen molar-refractivity contribution in [3.05, 3.63) is 95.6 Å². The third-order valence-electron chi connectivity index (χ3n) is 7.68. The van der Waals surface area contributed by atoms with E-state index in [1.54, 1.807) is 0 Å². The number of fused-ring (bicyclic) bond motifs is 3. The summed E-state index contributed by atoms with van der Waals surface area (Å²) in [5.74, 6) is -1.14. The van der Waals surface area contributed by atoms with Gasteiger partial charge in [-0.1, -0.05) is 85.3 Å².